The van der Waals surface area contributed by atoms with Crippen molar-refractivity contribution in [3.8, 4) is 0 Å². The number of aliphatic hydroxyl groups is 1. The van der Waals surface area contributed by atoms with E-state index in [1.54, 1.807) is 66.0 Å². The van der Waals surface area contributed by atoms with E-state index in [0.29, 0.717) is 30.1 Å². The van der Waals surface area contributed by atoms with Crippen molar-refractivity contribution in [1.82, 2.24) is 10.6 Å². The molecule has 0 bridgehead atoms. The van der Waals surface area contributed by atoms with E-state index in [1.807, 2.05) is 19.2 Å². The number of hydrogen-bond donors (Lipinski definition) is 4. The van der Waals surface area contributed by atoms with Gasteiger partial charge >= 0.3 is 154 Å². The number of cyclic esters (lactones) is 1. The van der Waals surface area contributed by atoms with Gasteiger partial charge in [-0.1, -0.05) is 118 Å². The summed E-state index contributed by atoms with van der Waals surface area (Å²) in [5.41, 5.74) is -5.12. The Kier molecular flexibility index (Phi) is 81.7. The Bertz CT molecular complexity index is 2910. The third-order valence-corrected chi connectivity index (χ3v) is 11.5. The number of aliphatic imine (C=N–C) groups is 1. The largest absolute Gasteiger partial charge is 0 e. The van der Waals surface area contributed by atoms with Crippen molar-refractivity contribution >= 4 is 138 Å². The van der Waals surface area contributed by atoms with Gasteiger partial charge in [-0.15, -0.1) is 16.7 Å². The normalized spacial score (nSPS) is 13.6. The van der Waals surface area contributed by atoms with Crippen LogP contribution in [0.4, 0.5) is 67.1 Å². The number of nitrogens with one attached hydrogen (secondary N) is 2. The monoisotopic (exact) mass is 3010 g/mol. The predicted octanol–water partition coefficient (Wildman–Crippen LogP) is 17.9. The zero-order chi connectivity index (χ0) is 72.1. The van der Waals surface area contributed by atoms with Crippen LogP contribution < -0.4 is 16.4 Å². The second kappa shape index (κ2) is 66.9. The van der Waals surface area contributed by atoms with E-state index < -0.39 is 96.0 Å². The third-order valence-electron chi connectivity index (χ3n) is 10.6. The number of alkyl halides is 13. The van der Waals surface area contributed by atoms with Gasteiger partial charge in [0.05, 0.1) is 20.8 Å². The number of amides is 3. The number of nitrogens with zero attached hydrogens (tertiary/aromatic N) is 1. The molecule has 0 aromatic heterocycles. The molecule has 4 atom stereocenters. The van der Waals surface area contributed by atoms with Crippen molar-refractivity contribution in [3.63, 3.8) is 0 Å². The van der Waals surface area contributed by atoms with Crippen molar-refractivity contribution in [2.24, 2.45) is 10.7 Å². The average molecular weight is 3010 g/mol. The Morgan fingerprint density at radius 3 is 1.38 bits per heavy atom. The molecule has 4 unspecified atom stereocenters. The number of ether oxygens (including phenoxy) is 5. The fourth-order valence-corrected chi connectivity index (χ4v) is 6.01. The van der Waals surface area contributed by atoms with E-state index in [4.69, 9.17) is 15.6 Å². The maximum Gasteiger partial charge on any atom is 0 e. The van der Waals surface area contributed by atoms with Crippen LogP contribution in [0.5, 0.6) is 0 Å². The summed E-state index contributed by atoms with van der Waals surface area (Å²) < 4.78 is 178. The number of carbonyl (C=O) groups is 5. The standard InChI is InChI=1S/C18H15F3NO4.C12H10F3NO4.C10H7F3NO2.C9H9F3NO.C4H9I.2C3H7.CH4.4HI.U.3V.4W/c1-25-15(23)17(18(19,20)21,14-10-6-3-7-11-14)22-16(24)26-12-13-8-4-2-5-9-13;1-19-10(17)9(12(13,14)15)16-11(18)20-7-8-5-3-2-4-6-8;11-10(12,13)9(6-16-8(15)14-9)7-4-2-1-3-5-7;10-9(11,12)8(13,6-14)7-4-2-1-3-5-7;1-3-4(2)5;2*1-3-2;;;;;;;;;;;;;/h2-6,8-11H,12H2,1H3,(H,22,24);2-6H,7H2,1H3;1-2,4-5H,6H2,(H,14,15);1-2,4-5,14H,6,13H2;4H,3H2,1-2H3;2*1,3H2,2H3;1H4;4*1H;;;;;;;;/q-1;;2*-1;;2*-1;;;;;;;;2*+2;;;;/p-4. The molecular formula is C60H68F12I5N4O11UV3W4-5. The Balaban J connectivity index is -0.000000124. The molecule has 5 aromatic rings. The Morgan fingerprint density at radius 1 is 0.700 bits per heavy atom. The molecule has 1 radical (unpaired) electrons. The first-order chi connectivity index (χ1) is 43.4. The first-order valence-electron chi connectivity index (χ1n) is 26.0. The van der Waals surface area contributed by atoms with Gasteiger partial charge in [0.1, 0.15) is 25.4 Å². The maximum absolute atomic E-state index is 13.8. The van der Waals surface area contributed by atoms with Gasteiger partial charge in [0.25, 0.3) is 0 Å². The van der Waals surface area contributed by atoms with E-state index in [0.717, 1.165) is 49.2 Å². The number of methoxy groups -OCH3 is 2. The summed E-state index contributed by atoms with van der Waals surface area (Å²) in [5, 5.41) is 12.2. The van der Waals surface area contributed by atoms with E-state index >= 15 is 0 Å². The third kappa shape index (κ3) is 47.8. The number of aliphatic hydroxyl groups excluding tert-OH is 1. The molecule has 100 heavy (non-hydrogen) atoms. The molecule has 15 nitrogen and oxygen atoms in total. The molecule has 3 amide bonds. The summed E-state index contributed by atoms with van der Waals surface area (Å²) in [4.78, 5) is 59.6. The minimum atomic E-state index is -5.18. The molecule has 1 aliphatic rings. The first-order valence-corrected chi connectivity index (χ1v) is 45.3. The number of halogens is 17. The van der Waals surface area contributed by atoms with E-state index in [-0.39, 0.29) is 166 Å². The van der Waals surface area contributed by atoms with Gasteiger partial charge in [-0.3, -0.25) is 0 Å². The minimum Gasteiger partial charge on any atom is 0 e. The molecule has 1 heterocycles. The molecule has 1 aliphatic heterocycles. The fraction of sp³-hybridized carbons (Fsp3) is 0.367. The summed E-state index contributed by atoms with van der Waals surface area (Å²) in [6.45, 7) is 12.9. The number of nitrogens with two attached hydrogens (primary N) is 1. The number of esters is 2. The molecular weight excluding hydrogens is 2940 g/mol. The van der Waals surface area contributed by atoms with E-state index in [1.165, 1.54) is 61.0 Å². The maximum atomic E-state index is 13.8. The number of carbonyl (C=O) groups excluding carboxylic acids is 5. The summed E-state index contributed by atoms with van der Waals surface area (Å²) in [7, 11) is 2.80. The van der Waals surface area contributed by atoms with Crippen molar-refractivity contribution in [2.75, 3.05) is 27.4 Å². The molecule has 0 saturated carbocycles. The van der Waals surface area contributed by atoms with Gasteiger partial charge in [0.15, 0.2) is 5.54 Å². The molecule has 6 rings (SSSR count). The zero-order valence-corrected chi connectivity index (χ0v) is 83.5. The van der Waals surface area contributed by atoms with E-state index in [9.17, 15) is 76.7 Å². The molecule has 0 aliphatic carbocycles. The second-order valence-electron chi connectivity index (χ2n) is 17.3. The summed E-state index contributed by atoms with van der Waals surface area (Å²) in [6, 6.07) is 39.3. The van der Waals surface area contributed by atoms with Crippen molar-refractivity contribution in [2.45, 2.75) is 113 Å². The molecule has 561 valence electrons. The van der Waals surface area contributed by atoms with Crippen LogP contribution in [0.15, 0.2) is 138 Å². The SMILES string of the molecule is C.CCC(C)I.COC(=O)C(=NC(=O)OCc1ccccc1)C(F)(F)F.COC(=O)C(NC(=O)OCc1ccccc1)(c1c[c-]ccc1)C(F)(F)F.NC(CO)(c1c[c-]ccc1)C(F)(F)F.O=C1NC(c2c[c-]ccc2)(C(F)(F)F)CO1.[CH2-]CC.[CH2-]CC.[I][V][I].[I][V][I].[U].[V].[W].[W].[W].[W]. The van der Waals surface area contributed by atoms with Crippen LogP contribution in [0, 0.1) is 63.2 Å². The van der Waals surface area contributed by atoms with Gasteiger partial charge in [0, 0.05) is 138 Å². The van der Waals surface area contributed by atoms with E-state index in [2.05, 4.69) is 172 Å². The smallest absolute Gasteiger partial charge is 0 e. The van der Waals surface area contributed by atoms with Crippen LogP contribution in [0.25, 0.3) is 0 Å². The molecule has 1 fully saturated rings. The topological polar surface area (TPSA) is 214 Å². The predicted molar refractivity (Wildman–Crippen MR) is 367 cm³/mol. The van der Waals surface area contributed by atoms with Crippen LogP contribution >= 0.6 is 103 Å². The first kappa shape index (κ1) is 122. The van der Waals surface area contributed by atoms with Crippen LogP contribution in [-0.2, 0) is 185 Å². The molecule has 1 saturated heterocycles. The van der Waals surface area contributed by atoms with Gasteiger partial charge in [-0.25, -0.2) is 24.0 Å². The molecule has 5 aromatic carbocycles. The van der Waals surface area contributed by atoms with Crippen molar-refractivity contribution in [3.05, 3.63) is 193 Å². The molecule has 40 heteroatoms. The summed E-state index contributed by atoms with van der Waals surface area (Å²) in [5.74, 6) is -3.45. The van der Waals surface area contributed by atoms with Gasteiger partial charge in [0.2, 0.25) is 11.3 Å². The summed E-state index contributed by atoms with van der Waals surface area (Å²) >= 11 is 11.9. The van der Waals surface area contributed by atoms with Crippen LogP contribution in [0.3, 0.4) is 0 Å². The Morgan fingerprint density at radius 2 is 1.09 bits per heavy atom. The Labute approximate surface area is 740 Å². The quantitative estimate of drug-likeness (QED) is 0.0175. The molecule has 5 N–H and O–H groups in total. The van der Waals surface area contributed by atoms with Crippen LogP contribution in [-0.4, -0.2) is 97.1 Å². The van der Waals surface area contributed by atoms with Crippen LogP contribution in [0.2, 0.25) is 0 Å². The van der Waals surface area contributed by atoms with Crippen LogP contribution in [0.1, 0.15) is 82.2 Å². The number of benzene rings is 5. The van der Waals surface area contributed by atoms with Gasteiger partial charge in [-0.2, -0.15) is 162 Å². The average Bonchev–Trinajstić information content (AvgIpc) is 1.11. The molecule has 0 spiro atoms. The number of alkyl carbamates (subject to hydrolysis) is 2. The van der Waals surface area contributed by atoms with Gasteiger partial charge < -0.3 is 59.0 Å². The fourth-order valence-electron chi connectivity index (χ4n) is 6.01. The van der Waals surface area contributed by atoms with Gasteiger partial charge in [-0.05, 0) is 17.5 Å². The van der Waals surface area contributed by atoms with Crippen molar-refractivity contribution in [1.29, 1.82) is 0 Å². The number of rotatable bonds is 12. The second-order valence-corrected chi connectivity index (χ2v) is 43.0. The minimum absolute atomic E-state index is 0. The Hall–Kier alpha value is 1.01. The number of hydrogen-bond acceptors (Lipinski definition) is 12. The van der Waals surface area contributed by atoms with Crippen molar-refractivity contribution < 1.29 is 258 Å². The zero-order valence-electron chi connectivity index (χ0n) is 52.6. The summed E-state index contributed by atoms with van der Waals surface area (Å²) in [6.07, 6.45) is -20.3.